The van der Waals surface area contributed by atoms with Crippen LogP contribution in [0.25, 0.3) is 0 Å². The lowest BCUT2D eigenvalue weighted by molar-refractivity contribution is 0.0617. The van der Waals surface area contributed by atoms with E-state index < -0.39 is 0 Å². The van der Waals surface area contributed by atoms with Crippen molar-refractivity contribution in [2.24, 2.45) is 0 Å². The smallest absolute Gasteiger partial charge is 0.254 e. The van der Waals surface area contributed by atoms with Gasteiger partial charge in [0, 0.05) is 47.9 Å². The Balaban J connectivity index is 1.58. The van der Waals surface area contributed by atoms with E-state index in [0.29, 0.717) is 35.2 Å². The third-order valence-corrected chi connectivity index (χ3v) is 4.26. The minimum atomic E-state index is -0.0374. The lowest BCUT2D eigenvalue weighted by Gasteiger charge is -2.34. The van der Waals surface area contributed by atoms with Gasteiger partial charge in [-0.25, -0.2) is 0 Å². The van der Waals surface area contributed by atoms with Crippen molar-refractivity contribution < 1.29 is 9.32 Å². The van der Waals surface area contributed by atoms with Gasteiger partial charge < -0.3 is 9.42 Å². The Morgan fingerprint density at radius 2 is 1.78 bits per heavy atom. The quantitative estimate of drug-likeness (QED) is 0.849. The summed E-state index contributed by atoms with van der Waals surface area (Å²) in [6.07, 6.45) is 0. The molecule has 0 radical (unpaired) electrons. The number of amides is 1. The molecule has 0 unspecified atom stereocenters. The highest BCUT2D eigenvalue weighted by Crippen LogP contribution is 2.21. The molecule has 0 aliphatic carbocycles. The van der Waals surface area contributed by atoms with Gasteiger partial charge in [-0.3, -0.25) is 9.69 Å². The van der Waals surface area contributed by atoms with E-state index in [9.17, 15) is 4.79 Å². The van der Waals surface area contributed by atoms with Crippen LogP contribution >= 0.6 is 23.2 Å². The highest BCUT2D eigenvalue weighted by Gasteiger charge is 2.23. The van der Waals surface area contributed by atoms with Gasteiger partial charge in [-0.1, -0.05) is 28.4 Å². The standard InChI is InChI=1S/C16H17Cl2N3O2/c1-11-6-15(23-19-11)10-20-2-4-21(5-3-20)16(22)12-7-13(17)9-14(18)8-12/h6-9H,2-5,10H2,1H3. The molecular formula is C16H17Cl2N3O2. The van der Waals surface area contributed by atoms with Gasteiger partial charge in [0.05, 0.1) is 12.2 Å². The third-order valence-electron chi connectivity index (χ3n) is 3.83. The number of aromatic nitrogens is 1. The number of hydrogen-bond donors (Lipinski definition) is 0. The van der Waals surface area contributed by atoms with Crippen LogP contribution in [0.5, 0.6) is 0 Å². The van der Waals surface area contributed by atoms with Gasteiger partial charge in [0.15, 0.2) is 5.76 Å². The first-order valence-electron chi connectivity index (χ1n) is 7.41. The van der Waals surface area contributed by atoms with Crippen molar-refractivity contribution in [3.05, 3.63) is 51.3 Å². The molecule has 0 spiro atoms. The summed E-state index contributed by atoms with van der Waals surface area (Å²) in [6, 6.07) is 6.86. The first-order chi connectivity index (χ1) is 11.0. The van der Waals surface area contributed by atoms with E-state index in [1.807, 2.05) is 17.9 Å². The summed E-state index contributed by atoms with van der Waals surface area (Å²) in [5, 5.41) is 4.84. The molecule has 2 heterocycles. The molecule has 7 heteroatoms. The fraction of sp³-hybridized carbons (Fsp3) is 0.375. The van der Waals surface area contributed by atoms with Crippen LogP contribution in [-0.2, 0) is 6.54 Å². The predicted molar refractivity (Wildman–Crippen MR) is 88.9 cm³/mol. The summed E-state index contributed by atoms with van der Waals surface area (Å²) in [5.41, 5.74) is 1.41. The Labute approximate surface area is 144 Å². The zero-order valence-electron chi connectivity index (χ0n) is 12.8. The first-order valence-corrected chi connectivity index (χ1v) is 8.17. The zero-order chi connectivity index (χ0) is 16.4. The van der Waals surface area contributed by atoms with E-state index in [2.05, 4.69) is 10.1 Å². The minimum Gasteiger partial charge on any atom is -0.360 e. The van der Waals surface area contributed by atoms with Crippen LogP contribution in [0.3, 0.4) is 0 Å². The van der Waals surface area contributed by atoms with E-state index in [0.717, 1.165) is 24.5 Å². The highest BCUT2D eigenvalue weighted by molar-refractivity contribution is 6.35. The van der Waals surface area contributed by atoms with Gasteiger partial charge in [-0.2, -0.15) is 0 Å². The molecule has 1 aliphatic rings. The Kier molecular flexibility index (Phi) is 4.90. The third kappa shape index (κ3) is 4.05. The van der Waals surface area contributed by atoms with Crippen molar-refractivity contribution in [1.82, 2.24) is 15.0 Å². The maximum Gasteiger partial charge on any atom is 0.254 e. The fourth-order valence-electron chi connectivity index (χ4n) is 2.68. The molecule has 1 aromatic carbocycles. The predicted octanol–water partition coefficient (Wildman–Crippen LogP) is 3.25. The van der Waals surface area contributed by atoms with Crippen LogP contribution in [0.1, 0.15) is 21.8 Å². The summed E-state index contributed by atoms with van der Waals surface area (Å²) in [4.78, 5) is 16.6. The summed E-state index contributed by atoms with van der Waals surface area (Å²) in [6.45, 7) is 5.53. The zero-order valence-corrected chi connectivity index (χ0v) is 14.3. The Morgan fingerprint density at radius 3 is 2.35 bits per heavy atom. The van der Waals surface area contributed by atoms with Crippen LogP contribution in [-0.4, -0.2) is 47.0 Å². The topological polar surface area (TPSA) is 49.6 Å². The molecule has 0 N–H and O–H groups in total. The lowest BCUT2D eigenvalue weighted by atomic mass is 10.2. The van der Waals surface area contributed by atoms with Gasteiger partial charge in [0.2, 0.25) is 0 Å². The number of carbonyl (C=O) groups is 1. The van der Waals surface area contributed by atoms with Crippen molar-refractivity contribution in [3.63, 3.8) is 0 Å². The molecule has 1 aromatic heterocycles. The number of rotatable bonds is 3. The van der Waals surface area contributed by atoms with E-state index in [4.69, 9.17) is 27.7 Å². The summed E-state index contributed by atoms with van der Waals surface area (Å²) in [5.74, 6) is 0.813. The van der Waals surface area contributed by atoms with Crippen LogP contribution in [0, 0.1) is 6.92 Å². The lowest BCUT2D eigenvalue weighted by Crippen LogP contribution is -2.48. The second-order valence-electron chi connectivity index (χ2n) is 5.66. The number of aryl methyl sites for hydroxylation is 1. The van der Waals surface area contributed by atoms with Gasteiger partial charge in [-0.15, -0.1) is 0 Å². The Morgan fingerprint density at radius 1 is 1.13 bits per heavy atom. The van der Waals surface area contributed by atoms with Crippen LogP contribution < -0.4 is 0 Å². The molecule has 0 atom stereocenters. The maximum atomic E-state index is 12.5. The second-order valence-corrected chi connectivity index (χ2v) is 6.53. The molecule has 2 aromatic rings. The number of hydrogen-bond acceptors (Lipinski definition) is 4. The second kappa shape index (κ2) is 6.91. The summed E-state index contributed by atoms with van der Waals surface area (Å²) >= 11 is 11.9. The van der Waals surface area contributed by atoms with Crippen molar-refractivity contribution in [2.75, 3.05) is 26.2 Å². The number of benzene rings is 1. The molecule has 3 rings (SSSR count). The van der Waals surface area contributed by atoms with Crippen molar-refractivity contribution in [2.45, 2.75) is 13.5 Å². The number of nitrogens with zero attached hydrogens (tertiary/aromatic N) is 3. The van der Waals surface area contributed by atoms with Crippen LogP contribution in [0.4, 0.5) is 0 Å². The van der Waals surface area contributed by atoms with E-state index in [-0.39, 0.29) is 5.91 Å². The largest absolute Gasteiger partial charge is 0.360 e. The maximum absolute atomic E-state index is 12.5. The van der Waals surface area contributed by atoms with Crippen molar-refractivity contribution >= 4 is 29.1 Å². The molecule has 122 valence electrons. The Hall–Kier alpha value is -1.56. The van der Waals surface area contributed by atoms with E-state index >= 15 is 0 Å². The molecule has 1 amide bonds. The SMILES string of the molecule is Cc1cc(CN2CCN(C(=O)c3cc(Cl)cc(Cl)c3)CC2)on1. The first kappa shape index (κ1) is 16.3. The van der Waals surface area contributed by atoms with Crippen LogP contribution in [0.15, 0.2) is 28.8 Å². The van der Waals surface area contributed by atoms with Gasteiger partial charge >= 0.3 is 0 Å². The average Bonchev–Trinajstić information content (AvgIpc) is 2.91. The van der Waals surface area contributed by atoms with Crippen molar-refractivity contribution in [3.8, 4) is 0 Å². The molecule has 23 heavy (non-hydrogen) atoms. The van der Waals surface area contributed by atoms with Crippen LogP contribution in [0.2, 0.25) is 10.0 Å². The molecule has 5 nitrogen and oxygen atoms in total. The van der Waals surface area contributed by atoms with Gasteiger partial charge in [0.1, 0.15) is 0 Å². The minimum absolute atomic E-state index is 0.0374. The summed E-state index contributed by atoms with van der Waals surface area (Å²) in [7, 11) is 0. The number of halogens is 2. The summed E-state index contributed by atoms with van der Waals surface area (Å²) < 4.78 is 5.24. The number of carbonyl (C=O) groups excluding carboxylic acids is 1. The molecule has 1 saturated heterocycles. The van der Waals surface area contributed by atoms with E-state index in [1.165, 1.54) is 0 Å². The van der Waals surface area contributed by atoms with Gasteiger partial charge in [0.25, 0.3) is 5.91 Å². The average molecular weight is 354 g/mol. The number of piperazine rings is 1. The van der Waals surface area contributed by atoms with E-state index in [1.54, 1.807) is 18.2 Å². The molecule has 1 fully saturated rings. The highest BCUT2D eigenvalue weighted by atomic mass is 35.5. The molecule has 0 bridgehead atoms. The normalized spacial score (nSPS) is 15.9. The Bertz CT molecular complexity index is 689. The molecule has 0 saturated carbocycles. The van der Waals surface area contributed by atoms with Gasteiger partial charge in [-0.05, 0) is 25.1 Å². The molecular weight excluding hydrogens is 337 g/mol. The monoisotopic (exact) mass is 353 g/mol. The van der Waals surface area contributed by atoms with Crippen molar-refractivity contribution in [1.29, 1.82) is 0 Å². The fourth-order valence-corrected chi connectivity index (χ4v) is 3.21. The molecule has 1 aliphatic heterocycles.